The van der Waals surface area contributed by atoms with Crippen LogP contribution in [0.3, 0.4) is 0 Å². The van der Waals surface area contributed by atoms with Crippen LogP contribution in [-0.4, -0.2) is 29.7 Å². The first kappa shape index (κ1) is 12.2. The van der Waals surface area contributed by atoms with Crippen LogP contribution >= 0.6 is 0 Å². The van der Waals surface area contributed by atoms with Gasteiger partial charge in [0, 0.05) is 13.1 Å². The zero-order valence-corrected chi connectivity index (χ0v) is 10.8. The first-order valence-electron chi connectivity index (χ1n) is 6.24. The summed E-state index contributed by atoms with van der Waals surface area (Å²) < 4.78 is 5.34. The molecule has 1 aliphatic heterocycles. The first-order valence-corrected chi connectivity index (χ1v) is 6.24. The summed E-state index contributed by atoms with van der Waals surface area (Å²) in [6.07, 6.45) is 2.96. The highest BCUT2D eigenvalue weighted by molar-refractivity contribution is 5.68. The van der Waals surface area contributed by atoms with E-state index in [0.29, 0.717) is 6.54 Å². The Morgan fingerprint density at radius 1 is 1.41 bits per heavy atom. The Hall–Kier alpha value is -1.24. The number of likely N-dealkylation sites (tertiary alicyclic amines) is 1. The van der Waals surface area contributed by atoms with Crippen molar-refractivity contribution in [1.82, 2.24) is 4.90 Å². The van der Waals surface area contributed by atoms with Gasteiger partial charge in [-0.2, -0.15) is 5.26 Å². The van der Waals surface area contributed by atoms with E-state index in [0.717, 1.165) is 25.8 Å². The van der Waals surface area contributed by atoms with E-state index in [9.17, 15) is 4.79 Å². The quantitative estimate of drug-likeness (QED) is 0.649. The standard InChI is InChI=1S/C13H20N2O2/c1-12(2,3)17-11(16)15-7-6-13(4-5-13)10(8-14)9-15/h10H,4-7,9H2,1-3H3. The summed E-state index contributed by atoms with van der Waals surface area (Å²) in [5.41, 5.74) is -0.235. The number of piperidine rings is 1. The van der Waals surface area contributed by atoms with E-state index in [-0.39, 0.29) is 17.4 Å². The number of amides is 1. The van der Waals surface area contributed by atoms with Crippen LogP contribution in [0, 0.1) is 22.7 Å². The van der Waals surface area contributed by atoms with Crippen molar-refractivity contribution in [2.24, 2.45) is 11.3 Å². The number of carbonyl (C=O) groups is 1. The minimum absolute atomic E-state index is 0.0104. The molecule has 1 saturated carbocycles. The lowest BCUT2D eigenvalue weighted by molar-refractivity contribution is 0.0125. The molecule has 1 aliphatic carbocycles. The predicted molar refractivity (Wildman–Crippen MR) is 63.2 cm³/mol. The maximum absolute atomic E-state index is 11.9. The van der Waals surface area contributed by atoms with Crippen LogP contribution in [0.5, 0.6) is 0 Å². The average Bonchev–Trinajstić information content (AvgIpc) is 2.96. The zero-order chi connectivity index (χ0) is 12.7. The molecule has 0 bridgehead atoms. The lowest BCUT2D eigenvalue weighted by atomic mass is 9.83. The monoisotopic (exact) mass is 236 g/mol. The third-order valence-corrected chi connectivity index (χ3v) is 3.72. The molecule has 17 heavy (non-hydrogen) atoms. The smallest absolute Gasteiger partial charge is 0.410 e. The molecular weight excluding hydrogens is 216 g/mol. The van der Waals surface area contributed by atoms with Crippen molar-refractivity contribution in [2.75, 3.05) is 13.1 Å². The second-order valence-corrected chi connectivity index (χ2v) is 6.22. The first-order chi connectivity index (χ1) is 7.86. The van der Waals surface area contributed by atoms with Crippen LogP contribution in [0.1, 0.15) is 40.0 Å². The molecule has 2 fully saturated rings. The van der Waals surface area contributed by atoms with Crippen molar-refractivity contribution in [2.45, 2.75) is 45.6 Å². The molecule has 0 N–H and O–H groups in total. The number of rotatable bonds is 0. The largest absolute Gasteiger partial charge is 0.444 e. The molecule has 1 unspecified atom stereocenters. The number of nitrogens with zero attached hydrogens (tertiary/aromatic N) is 2. The number of carbonyl (C=O) groups excluding carboxylic acids is 1. The maximum atomic E-state index is 11.9. The third kappa shape index (κ3) is 2.54. The van der Waals surface area contributed by atoms with Gasteiger partial charge in [0.15, 0.2) is 0 Å². The summed E-state index contributed by atoms with van der Waals surface area (Å²) in [6, 6.07) is 2.35. The Morgan fingerprint density at radius 2 is 2.06 bits per heavy atom. The minimum atomic E-state index is -0.464. The van der Waals surface area contributed by atoms with Crippen molar-refractivity contribution >= 4 is 6.09 Å². The van der Waals surface area contributed by atoms with Crippen LogP contribution in [0.15, 0.2) is 0 Å². The summed E-state index contributed by atoms with van der Waals surface area (Å²) in [5.74, 6) is -0.0104. The molecule has 1 amide bonds. The summed E-state index contributed by atoms with van der Waals surface area (Å²) in [5, 5.41) is 9.17. The fourth-order valence-corrected chi connectivity index (χ4v) is 2.47. The topological polar surface area (TPSA) is 53.3 Å². The molecule has 4 nitrogen and oxygen atoms in total. The number of hydrogen-bond donors (Lipinski definition) is 0. The van der Waals surface area contributed by atoms with Gasteiger partial charge in [-0.15, -0.1) is 0 Å². The lowest BCUT2D eigenvalue weighted by Crippen LogP contribution is -2.46. The molecule has 0 aromatic carbocycles. The van der Waals surface area contributed by atoms with E-state index in [1.165, 1.54) is 0 Å². The number of hydrogen-bond acceptors (Lipinski definition) is 3. The molecule has 0 aromatic rings. The van der Waals surface area contributed by atoms with E-state index in [1.54, 1.807) is 4.90 Å². The average molecular weight is 236 g/mol. The SMILES string of the molecule is CC(C)(C)OC(=O)N1CCC2(CC2)C(C#N)C1. The highest BCUT2D eigenvalue weighted by Gasteiger charge is 2.52. The molecule has 1 saturated heterocycles. The van der Waals surface area contributed by atoms with Gasteiger partial charge in [0.2, 0.25) is 0 Å². The van der Waals surface area contributed by atoms with Gasteiger partial charge in [-0.1, -0.05) is 0 Å². The van der Waals surface area contributed by atoms with Crippen molar-refractivity contribution < 1.29 is 9.53 Å². The summed E-state index contributed by atoms with van der Waals surface area (Å²) >= 11 is 0. The van der Waals surface area contributed by atoms with E-state index in [2.05, 4.69) is 6.07 Å². The third-order valence-electron chi connectivity index (χ3n) is 3.72. The molecule has 1 atom stereocenters. The Balaban J connectivity index is 1.96. The van der Waals surface area contributed by atoms with Gasteiger partial charge in [0.05, 0.1) is 12.0 Å². The molecule has 94 valence electrons. The van der Waals surface area contributed by atoms with Crippen LogP contribution in [0.2, 0.25) is 0 Å². The van der Waals surface area contributed by atoms with Gasteiger partial charge in [0.1, 0.15) is 5.60 Å². The molecule has 2 aliphatic rings. The van der Waals surface area contributed by atoms with Crippen molar-refractivity contribution in [1.29, 1.82) is 5.26 Å². The van der Waals surface area contributed by atoms with Crippen LogP contribution < -0.4 is 0 Å². The van der Waals surface area contributed by atoms with E-state index in [1.807, 2.05) is 20.8 Å². The Labute approximate surface area is 103 Å². The molecule has 0 aromatic heterocycles. The predicted octanol–water partition coefficient (Wildman–Crippen LogP) is 2.55. The maximum Gasteiger partial charge on any atom is 0.410 e. The van der Waals surface area contributed by atoms with Gasteiger partial charge >= 0.3 is 6.09 Å². The fourth-order valence-electron chi connectivity index (χ4n) is 2.47. The second kappa shape index (κ2) is 3.90. The van der Waals surface area contributed by atoms with E-state index in [4.69, 9.17) is 10.00 Å². The number of nitriles is 1. The second-order valence-electron chi connectivity index (χ2n) is 6.22. The van der Waals surface area contributed by atoms with Gasteiger partial charge in [-0.25, -0.2) is 4.79 Å². The summed E-state index contributed by atoms with van der Waals surface area (Å²) in [7, 11) is 0. The van der Waals surface area contributed by atoms with Crippen LogP contribution in [-0.2, 0) is 4.74 Å². The Morgan fingerprint density at radius 3 is 2.53 bits per heavy atom. The van der Waals surface area contributed by atoms with Crippen LogP contribution in [0.4, 0.5) is 4.79 Å². The van der Waals surface area contributed by atoms with Gasteiger partial charge in [-0.3, -0.25) is 0 Å². The van der Waals surface area contributed by atoms with Gasteiger partial charge < -0.3 is 9.64 Å². The van der Waals surface area contributed by atoms with Crippen molar-refractivity contribution in [3.8, 4) is 6.07 Å². The van der Waals surface area contributed by atoms with Gasteiger partial charge in [-0.05, 0) is 45.4 Å². The molecule has 2 rings (SSSR count). The minimum Gasteiger partial charge on any atom is -0.444 e. The molecule has 1 spiro atoms. The molecule has 1 heterocycles. The van der Waals surface area contributed by atoms with Crippen LogP contribution in [0.25, 0.3) is 0 Å². The highest BCUT2D eigenvalue weighted by atomic mass is 16.6. The van der Waals surface area contributed by atoms with E-state index < -0.39 is 5.60 Å². The Bertz CT molecular complexity index is 361. The summed E-state index contributed by atoms with van der Waals surface area (Å²) in [6.45, 7) is 6.84. The zero-order valence-electron chi connectivity index (χ0n) is 10.8. The fraction of sp³-hybridized carbons (Fsp3) is 0.846. The molecule has 0 radical (unpaired) electrons. The van der Waals surface area contributed by atoms with Gasteiger partial charge in [0.25, 0.3) is 0 Å². The Kier molecular flexibility index (Phi) is 2.81. The highest BCUT2D eigenvalue weighted by Crippen LogP contribution is 2.56. The number of ether oxygens (including phenoxy) is 1. The molecule has 4 heteroatoms. The summed E-state index contributed by atoms with van der Waals surface area (Å²) in [4.78, 5) is 13.6. The van der Waals surface area contributed by atoms with Crippen molar-refractivity contribution in [3.63, 3.8) is 0 Å². The normalized spacial score (nSPS) is 26.5. The van der Waals surface area contributed by atoms with Crippen molar-refractivity contribution in [3.05, 3.63) is 0 Å². The molecular formula is C13H20N2O2. The van der Waals surface area contributed by atoms with E-state index >= 15 is 0 Å². The lowest BCUT2D eigenvalue weighted by Gasteiger charge is -2.36.